The van der Waals surface area contributed by atoms with Gasteiger partial charge in [-0.25, -0.2) is 21.1 Å². The molecule has 1 aromatic rings. The molecule has 25 heavy (non-hydrogen) atoms. The molecule has 0 unspecified atom stereocenters. The minimum atomic E-state index is -3.69. The van der Waals surface area contributed by atoms with Crippen molar-refractivity contribution in [3.8, 4) is 0 Å². The van der Waals surface area contributed by atoms with Crippen LogP contribution in [0.25, 0.3) is 0 Å². The Morgan fingerprint density at radius 2 is 1.60 bits per heavy atom. The molecule has 1 amide bonds. The fourth-order valence-electron chi connectivity index (χ4n) is 3.21. The van der Waals surface area contributed by atoms with Crippen molar-refractivity contribution in [2.75, 3.05) is 23.1 Å². The molecule has 0 aliphatic carbocycles. The molecule has 2 aliphatic rings. The van der Waals surface area contributed by atoms with Crippen LogP contribution in [-0.2, 0) is 24.8 Å². The van der Waals surface area contributed by atoms with Gasteiger partial charge in [0.25, 0.3) is 0 Å². The Hall–Kier alpha value is -1.45. The smallest absolute Gasteiger partial charge is 0.244 e. The van der Waals surface area contributed by atoms with Gasteiger partial charge in [0.2, 0.25) is 26.0 Å². The fourth-order valence-corrected chi connectivity index (χ4v) is 6.50. The highest BCUT2D eigenvalue weighted by molar-refractivity contribution is 7.94. The Morgan fingerprint density at radius 1 is 1.04 bits per heavy atom. The molecule has 7 nitrogen and oxygen atoms in total. The number of hydrogen-bond donors (Lipinski definition) is 0. The summed E-state index contributed by atoms with van der Waals surface area (Å²) >= 11 is 0. The summed E-state index contributed by atoms with van der Waals surface area (Å²) in [5.74, 6) is -0.788. The molecule has 0 aromatic heterocycles. The normalized spacial score (nSPS) is 25.4. The lowest BCUT2D eigenvalue weighted by Gasteiger charge is -2.29. The molecule has 3 rings (SSSR count). The van der Waals surface area contributed by atoms with E-state index in [-0.39, 0.29) is 16.3 Å². The van der Waals surface area contributed by atoms with E-state index in [1.54, 1.807) is 6.92 Å². The molecule has 2 heterocycles. The summed E-state index contributed by atoms with van der Waals surface area (Å²) in [7, 11) is -7.29. The highest BCUT2D eigenvalue weighted by atomic mass is 32.2. The SMILES string of the molecule is CC1CCN(S(=O)(=O)c2ccc(N3C(=O)[C@@H](C)CS3(=O)=O)cc2)CC1. The molecule has 0 bridgehead atoms. The minimum Gasteiger partial charge on any atom is -0.273 e. The average Bonchev–Trinajstić information content (AvgIpc) is 2.75. The van der Waals surface area contributed by atoms with Crippen molar-refractivity contribution in [2.45, 2.75) is 31.6 Å². The van der Waals surface area contributed by atoms with Crippen molar-refractivity contribution >= 4 is 31.6 Å². The highest BCUT2D eigenvalue weighted by Crippen LogP contribution is 2.30. The number of rotatable bonds is 3. The number of sulfonamides is 2. The van der Waals surface area contributed by atoms with E-state index in [4.69, 9.17) is 0 Å². The van der Waals surface area contributed by atoms with Crippen LogP contribution < -0.4 is 4.31 Å². The van der Waals surface area contributed by atoms with E-state index < -0.39 is 31.9 Å². The number of piperidine rings is 1. The third-order valence-electron chi connectivity index (χ3n) is 4.81. The first kappa shape index (κ1) is 18.3. The molecular weight excluding hydrogens is 364 g/mol. The van der Waals surface area contributed by atoms with Gasteiger partial charge >= 0.3 is 0 Å². The molecule has 138 valence electrons. The van der Waals surface area contributed by atoms with Gasteiger partial charge in [0.1, 0.15) is 0 Å². The summed E-state index contributed by atoms with van der Waals surface area (Å²) in [6, 6.07) is 5.50. The van der Waals surface area contributed by atoms with Crippen molar-refractivity contribution in [2.24, 2.45) is 11.8 Å². The van der Waals surface area contributed by atoms with E-state index in [1.165, 1.54) is 28.6 Å². The van der Waals surface area contributed by atoms with Gasteiger partial charge in [-0.05, 0) is 43.0 Å². The average molecular weight is 386 g/mol. The first-order valence-electron chi connectivity index (χ1n) is 8.30. The molecule has 0 radical (unpaired) electrons. The second-order valence-corrected chi connectivity index (χ2v) is 10.7. The van der Waals surface area contributed by atoms with Crippen LogP contribution in [0.3, 0.4) is 0 Å². The number of carbonyl (C=O) groups excluding carboxylic acids is 1. The third-order valence-corrected chi connectivity index (χ3v) is 8.59. The minimum absolute atomic E-state index is 0.114. The monoisotopic (exact) mass is 386 g/mol. The Balaban J connectivity index is 1.87. The summed E-state index contributed by atoms with van der Waals surface area (Å²) < 4.78 is 51.9. The maximum Gasteiger partial charge on any atom is 0.244 e. The van der Waals surface area contributed by atoms with Crippen molar-refractivity contribution in [1.29, 1.82) is 0 Å². The van der Waals surface area contributed by atoms with Gasteiger partial charge < -0.3 is 0 Å². The van der Waals surface area contributed by atoms with Crippen LogP contribution in [0, 0.1) is 11.8 Å². The topological polar surface area (TPSA) is 91.8 Å². The van der Waals surface area contributed by atoms with Crippen LogP contribution >= 0.6 is 0 Å². The Labute approximate surface area is 148 Å². The Kier molecular flexibility index (Phi) is 4.67. The lowest BCUT2D eigenvalue weighted by molar-refractivity contribution is -0.119. The molecule has 2 fully saturated rings. The number of nitrogens with zero attached hydrogens (tertiary/aromatic N) is 2. The van der Waals surface area contributed by atoms with Gasteiger partial charge in [0.15, 0.2) is 0 Å². The number of hydrogen-bond acceptors (Lipinski definition) is 5. The maximum absolute atomic E-state index is 12.7. The van der Waals surface area contributed by atoms with Crippen molar-refractivity contribution in [3.05, 3.63) is 24.3 Å². The predicted octanol–water partition coefficient (Wildman–Crippen LogP) is 1.42. The largest absolute Gasteiger partial charge is 0.273 e. The molecule has 2 saturated heterocycles. The quantitative estimate of drug-likeness (QED) is 0.783. The summed E-state index contributed by atoms with van der Waals surface area (Å²) in [6.07, 6.45) is 1.66. The first-order chi connectivity index (χ1) is 11.6. The van der Waals surface area contributed by atoms with Crippen LogP contribution in [0.2, 0.25) is 0 Å². The fraction of sp³-hybridized carbons (Fsp3) is 0.562. The van der Waals surface area contributed by atoms with Crippen molar-refractivity contribution in [1.82, 2.24) is 4.31 Å². The van der Waals surface area contributed by atoms with Crippen LogP contribution in [0.15, 0.2) is 29.2 Å². The van der Waals surface area contributed by atoms with Crippen molar-refractivity contribution < 1.29 is 21.6 Å². The van der Waals surface area contributed by atoms with E-state index in [0.29, 0.717) is 19.0 Å². The van der Waals surface area contributed by atoms with Crippen LogP contribution in [-0.4, -0.2) is 45.9 Å². The first-order valence-corrected chi connectivity index (χ1v) is 11.3. The summed E-state index contributed by atoms with van der Waals surface area (Å²) in [4.78, 5) is 12.2. The van der Waals surface area contributed by atoms with E-state index in [9.17, 15) is 21.6 Å². The lowest BCUT2D eigenvalue weighted by Crippen LogP contribution is -2.37. The molecule has 0 N–H and O–H groups in total. The number of benzene rings is 1. The van der Waals surface area contributed by atoms with Gasteiger partial charge in [0, 0.05) is 13.1 Å². The highest BCUT2D eigenvalue weighted by Gasteiger charge is 2.42. The van der Waals surface area contributed by atoms with E-state index in [1.807, 2.05) is 0 Å². The second kappa shape index (κ2) is 6.37. The zero-order chi connectivity index (χ0) is 18.4. The van der Waals surface area contributed by atoms with Crippen LogP contribution in [0.4, 0.5) is 5.69 Å². The van der Waals surface area contributed by atoms with Crippen LogP contribution in [0.1, 0.15) is 26.7 Å². The van der Waals surface area contributed by atoms with E-state index in [2.05, 4.69) is 6.92 Å². The second-order valence-electron chi connectivity index (χ2n) is 6.86. The number of carbonyl (C=O) groups is 1. The van der Waals surface area contributed by atoms with Crippen LogP contribution in [0.5, 0.6) is 0 Å². The Bertz CT molecular complexity index is 870. The molecule has 0 spiro atoms. The van der Waals surface area contributed by atoms with Crippen molar-refractivity contribution in [3.63, 3.8) is 0 Å². The molecular formula is C16H22N2O5S2. The summed E-state index contributed by atoms with van der Waals surface area (Å²) in [6.45, 7) is 4.65. The summed E-state index contributed by atoms with van der Waals surface area (Å²) in [5.41, 5.74) is 0.181. The Morgan fingerprint density at radius 3 is 2.08 bits per heavy atom. The molecule has 1 atom stereocenters. The van der Waals surface area contributed by atoms with Gasteiger partial charge in [0.05, 0.1) is 22.3 Å². The third kappa shape index (κ3) is 3.32. The lowest BCUT2D eigenvalue weighted by atomic mass is 10.0. The standard InChI is InChI=1S/C16H22N2O5S2/c1-12-7-9-17(10-8-12)25(22,23)15-5-3-14(4-6-15)18-16(19)13(2)11-24(18,20)21/h3-6,12-13H,7-11H2,1-2H3/t13-/m0/s1. The molecule has 1 aromatic carbocycles. The number of anilines is 1. The zero-order valence-corrected chi connectivity index (χ0v) is 15.9. The van der Waals surface area contributed by atoms with Gasteiger partial charge in [-0.3, -0.25) is 4.79 Å². The van der Waals surface area contributed by atoms with E-state index >= 15 is 0 Å². The molecule has 0 saturated carbocycles. The molecule has 2 aliphatic heterocycles. The predicted molar refractivity (Wildman–Crippen MR) is 94.0 cm³/mol. The van der Waals surface area contributed by atoms with Gasteiger partial charge in [-0.15, -0.1) is 0 Å². The number of amides is 1. The van der Waals surface area contributed by atoms with E-state index in [0.717, 1.165) is 17.1 Å². The zero-order valence-electron chi connectivity index (χ0n) is 14.3. The molecule has 9 heteroatoms. The summed E-state index contributed by atoms with van der Waals surface area (Å²) in [5, 5.41) is 0. The van der Waals surface area contributed by atoms with Gasteiger partial charge in [-0.1, -0.05) is 13.8 Å². The van der Waals surface area contributed by atoms with Gasteiger partial charge in [-0.2, -0.15) is 4.31 Å². The maximum atomic E-state index is 12.7.